The second-order valence-electron chi connectivity index (χ2n) is 5.80. The van der Waals surface area contributed by atoms with Gasteiger partial charge in [0.15, 0.2) is 0 Å². The quantitative estimate of drug-likeness (QED) is 0.663. The second kappa shape index (κ2) is 9.80. The minimum atomic E-state index is 0.266. The summed E-state index contributed by atoms with van der Waals surface area (Å²) >= 11 is 0. The first-order chi connectivity index (χ1) is 10.1. The van der Waals surface area contributed by atoms with Crippen molar-refractivity contribution in [1.82, 2.24) is 4.90 Å². The van der Waals surface area contributed by atoms with Gasteiger partial charge in [-0.15, -0.1) is 0 Å². The molecule has 0 fully saturated rings. The van der Waals surface area contributed by atoms with Crippen molar-refractivity contribution < 1.29 is 4.74 Å². The van der Waals surface area contributed by atoms with Crippen LogP contribution in [0.5, 0.6) is 5.75 Å². The molecule has 1 aromatic rings. The highest BCUT2D eigenvalue weighted by molar-refractivity contribution is 5.31. The van der Waals surface area contributed by atoms with Crippen LogP contribution in [0, 0.1) is 0 Å². The summed E-state index contributed by atoms with van der Waals surface area (Å²) in [7, 11) is 0. The summed E-state index contributed by atoms with van der Waals surface area (Å²) in [6.07, 6.45) is 3.76. The first-order valence-electron chi connectivity index (χ1n) is 8.32. The maximum absolute atomic E-state index is 6.09. The van der Waals surface area contributed by atoms with Crippen molar-refractivity contribution in [2.24, 2.45) is 5.73 Å². The number of hydrogen-bond acceptors (Lipinski definition) is 3. The van der Waals surface area contributed by atoms with Crippen LogP contribution in [-0.2, 0) is 0 Å². The van der Waals surface area contributed by atoms with Gasteiger partial charge in [-0.05, 0) is 51.4 Å². The Bertz CT molecular complexity index is 393. The van der Waals surface area contributed by atoms with Gasteiger partial charge in [-0.25, -0.2) is 0 Å². The van der Waals surface area contributed by atoms with E-state index in [1.165, 1.54) is 24.8 Å². The lowest BCUT2D eigenvalue weighted by molar-refractivity contribution is 0.153. The highest BCUT2D eigenvalue weighted by Gasteiger charge is 2.21. The number of nitrogens with two attached hydrogens (primary N) is 1. The van der Waals surface area contributed by atoms with E-state index in [1.807, 2.05) is 13.0 Å². The van der Waals surface area contributed by atoms with Crippen molar-refractivity contribution in [2.75, 3.05) is 19.7 Å². The third kappa shape index (κ3) is 5.68. The molecule has 3 nitrogen and oxygen atoms in total. The van der Waals surface area contributed by atoms with E-state index in [9.17, 15) is 0 Å². The van der Waals surface area contributed by atoms with Gasteiger partial charge in [-0.1, -0.05) is 31.9 Å². The molecule has 0 aromatic heterocycles. The van der Waals surface area contributed by atoms with E-state index in [-0.39, 0.29) is 6.04 Å². The van der Waals surface area contributed by atoms with Gasteiger partial charge in [0, 0.05) is 18.6 Å². The summed E-state index contributed by atoms with van der Waals surface area (Å²) in [6, 6.07) is 9.13. The van der Waals surface area contributed by atoms with Gasteiger partial charge in [0.25, 0.3) is 0 Å². The summed E-state index contributed by atoms with van der Waals surface area (Å²) in [5.41, 5.74) is 7.35. The molecule has 0 spiro atoms. The minimum absolute atomic E-state index is 0.266. The zero-order valence-electron chi connectivity index (χ0n) is 14.1. The number of hydrogen-bond donors (Lipinski definition) is 1. The van der Waals surface area contributed by atoms with Crippen LogP contribution < -0.4 is 10.5 Å². The third-order valence-corrected chi connectivity index (χ3v) is 3.86. The topological polar surface area (TPSA) is 38.5 Å². The number of nitrogens with zero attached hydrogens (tertiary/aromatic N) is 1. The predicted octanol–water partition coefficient (Wildman–Crippen LogP) is 3.99. The van der Waals surface area contributed by atoms with E-state index in [1.54, 1.807) is 0 Å². The fraction of sp³-hybridized carbons (Fsp3) is 0.667. The van der Waals surface area contributed by atoms with Crippen LogP contribution in [-0.4, -0.2) is 30.6 Å². The Kier molecular flexibility index (Phi) is 8.40. The van der Waals surface area contributed by atoms with Crippen molar-refractivity contribution in [3.05, 3.63) is 29.8 Å². The fourth-order valence-corrected chi connectivity index (χ4v) is 2.76. The highest BCUT2D eigenvalue weighted by Crippen LogP contribution is 2.26. The lowest BCUT2D eigenvalue weighted by Gasteiger charge is -2.35. The fourth-order valence-electron chi connectivity index (χ4n) is 2.76. The van der Waals surface area contributed by atoms with Crippen LogP contribution in [0.15, 0.2) is 24.3 Å². The van der Waals surface area contributed by atoms with Crippen molar-refractivity contribution in [3.63, 3.8) is 0 Å². The van der Waals surface area contributed by atoms with Gasteiger partial charge in [-0.2, -0.15) is 0 Å². The Morgan fingerprint density at radius 3 is 2.52 bits per heavy atom. The van der Waals surface area contributed by atoms with Gasteiger partial charge in [-0.3, -0.25) is 4.90 Å². The SMILES string of the molecule is CCCCCN(C(C)C)C(CN)c1cccc(OCC)c1. The van der Waals surface area contributed by atoms with Crippen molar-refractivity contribution >= 4 is 0 Å². The first-order valence-corrected chi connectivity index (χ1v) is 8.32. The van der Waals surface area contributed by atoms with Crippen molar-refractivity contribution in [1.29, 1.82) is 0 Å². The Morgan fingerprint density at radius 2 is 1.95 bits per heavy atom. The maximum atomic E-state index is 6.09. The standard InChI is InChI=1S/C18H32N2O/c1-5-7-8-12-20(15(3)4)18(14-19)16-10-9-11-17(13-16)21-6-2/h9-11,13,15,18H,5-8,12,14,19H2,1-4H3. The number of unbranched alkanes of at least 4 members (excludes halogenated alkanes) is 2. The molecular weight excluding hydrogens is 260 g/mol. The first kappa shape index (κ1) is 18.0. The molecule has 0 aliphatic carbocycles. The molecule has 0 saturated heterocycles. The molecule has 0 heterocycles. The van der Waals surface area contributed by atoms with Crippen LogP contribution in [0.1, 0.15) is 58.6 Å². The summed E-state index contributed by atoms with van der Waals surface area (Å²) in [5, 5.41) is 0. The molecule has 0 radical (unpaired) electrons. The van der Waals surface area contributed by atoms with E-state index in [0.717, 1.165) is 12.3 Å². The number of rotatable bonds is 10. The summed E-state index contributed by atoms with van der Waals surface area (Å²) < 4.78 is 5.62. The molecule has 3 heteroatoms. The molecule has 21 heavy (non-hydrogen) atoms. The van der Waals surface area contributed by atoms with Crippen molar-refractivity contribution in [3.8, 4) is 5.75 Å². The smallest absolute Gasteiger partial charge is 0.119 e. The average molecular weight is 292 g/mol. The van der Waals surface area contributed by atoms with Gasteiger partial charge in [0.2, 0.25) is 0 Å². The zero-order valence-corrected chi connectivity index (χ0v) is 14.1. The molecule has 1 unspecified atom stereocenters. The lowest BCUT2D eigenvalue weighted by atomic mass is 10.0. The Hall–Kier alpha value is -1.06. The molecular formula is C18H32N2O. The Labute approximate surface area is 130 Å². The van der Waals surface area contributed by atoms with Crippen LogP contribution in [0.2, 0.25) is 0 Å². The predicted molar refractivity (Wildman–Crippen MR) is 90.8 cm³/mol. The molecule has 1 aromatic carbocycles. The minimum Gasteiger partial charge on any atom is -0.494 e. The average Bonchev–Trinajstić information content (AvgIpc) is 2.47. The molecule has 0 bridgehead atoms. The molecule has 2 N–H and O–H groups in total. The largest absolute Gasteiger partial charge is 0.494 e. The Morgan fingerprint density at radius 1 is 1.19 bits per heavy atom. The summed E-state index contributed by atoms with van der Waals surface area (Å²) in [6.45, 7) is 11.2. The molecule has 0 aliphatic rings. The summed E-state index contributed by atoms with van der Waals surface area (Å²) in [5.74, 6) is 0.936. The summed E-state index contributed by atoms with van der Waals surface area (Å²) in [4.78, 5) is 2.51. The van der Waals surface area contributed by atoms with E-state index < -0.39 is 0 Å². The van der Waals surface area contributed by atoms with Crippen LogP contribution >= 0.6 is 0 Å². The van der Waals surface area contributed by atoms with Crippen molar-refractivity contribution in [2.45, 2.75) is 59.0 Å². The van der Waals surface area contributed by atoms with Gasteiger partial charge in [0.1, 0.15) is 5.75 Å². The van der Waals surface area contributed by atoms with Crippen LogP contribution in [0.4, 0.5) is 0 Å². The molecule has 0 saturated carbocycles. The van der Waals surface area contributed by atoms with E-state index >= 15 is 0 Å². The Balaban J connectivity index is 2.88. The van der Waals surface area contributed by atoms with Gasteiger partial charge >= 0.3 is 0 Å². The van der Waals surface area contributed by atoms with E-state index in [4.69, 9.17) is 10.5 Å². The number of benzene rings is 1. The van der Waals surface area contributed by atoms with Gasteiger partial charge < -0.3 is 10.5 Å². The molecule has 0 amide bonds. The van der Waals surface area contributed by atoms with E-state index in [2.05, 4.69) is 43.9 Å². The zero-order chi connectivity index (χ0) is 15.7. The monoisotopic (exact) mass is 292 g/mol. The second-order valence-corrected chi connectivity index (χ2v) is 5.80. The van der Waals surface area contributed by atoms with Gasteiger partial charge in [0.05, 0.1) is 6.61 Å². The third-order valence-electron chi connectivity index (χ3n) is 3.86. The molecule has 1 rings (SSSR count). The highest BCUT2D eigenvalue weighted by atomic mass is 16.5. The molecule has 0 aliphatic heterocycles. The normalized spacial score (nSPS) is 12.9. The maximum Gasteiger partial charge on any atom is 0.119 e. The molecule has 1 atom stereocenters. The van der Waals surface area contributed by atoms with E-state index in [0.29, 0.717) is 19.2 Å². The lowest BCUT2D eigenvalue weighted by Crippen LogP contribution is -2.39. The van der Waals surface area contributed by atoms with Crippen LogP contribution in [0.3, 0.4) is 0 Å². The molecule has 120 valence electrons. The van der Waals surface area contributed by atoms with Crippen LogP contribution in [0.25, 0.3) is 0 Å². The number of ether oxygens (including phenoxy) is 1.